The molecule has 0 aliphatic carbocycles. The number of carbonyl (C=O) groups excluding carboxylic acids is 1. The molecule has 1 saturated heterocycles. The zero-order chi connectivity index (χ0) is 19.0. The van der Waals surface area contributed by atoms with E-state index in [2.05, 4.69) is 15.4 Å². The number of para-hydroxylation sites is 2. The second-order valence-electron chi connectivity index (χ2n) is 6.46. The Bertz CT molecular complexity index is 1070. The quantitative estimate of drug-likeness (QED) is 0.648. The Labute approximate surface area is 160 Å². The van der Waals surface area contributed by atoms with Crippen molar-refractivity contribution in [3.05, 3.63) is 36.0 Å². The summed E-state index contributed by atoms with van der Waals surface area (Å²) in [7, 11) is -3.04. The number of hydrogen-bond acceptors (Lipinski definition) is 7. The number of hydrogen-bond donors (Lipinski definition) is 1. The molecule has 0 spiro atoms. The van der Waals surface area contributed by atoms with Crippen LogP contribution in [-0.4, -0.2) is 46.3 Å². The average molecular weight is 406 g/mol. The van der Waals surface area contributed by atoms with E-state index < -0.39 is 9.84 Å². The van der Waals surface area contributed by atoms with Crippen LogP contribution in [0.25, 0.3) is 11.1 Å². The molecule has 1 unspecified atom stereocenters. The van der Waals surface area contributed by atoms with Gasteiger partial charge in [-0.15, -0.1) is 0 Å². The number of rotatable bonds is 5. The Balaban J connectivity index is 1.42. The molecule has 1 atom stereocenters. The molecule has 3 heterocycles. The van der Waals surface area contributed by atoms with Gasteiger partial charge in [-0.2, -0.15) is 5.10 Å². The lowest BCUT2D eigenvalue weighted by molar-refractivity contribution is -0.113. The van der Waals surface area contributed by atoms with Gasteiger partial charge >= 0.3 is 0 Å². The van der Waals surface area contributed by atoms with Crippen molar-refractivity contribution in [2.45, 2.75) is 24.6 Å². The lowest BCUT2D eigenvalue weighted by atomic mass is 10.3. The van der Waals surface area contributed by atoms with Crippen molar-refractivity contribution >= 4 is 44.4 Å². The maximum absolute atomic E-state index is 12.3. The SMILES string of the molecule is Cc1cc(NC(=O)CSc2nc3ccccc3o2)n(C2CCS(=O)(=O)C2)n1. The van der Waals surface area contributed by atoms with Gasteiger partial charge in [-0.3, -0.25) is 4.79 Å². The van der Waals surface area contributed by atoms with Crippen molar-refractivity contribution in [1.82, 2.24) is 14.8 Å². The van der Waals surface area contributed by atoms with Gasteiger partial charge in [-0.25, -0.2) is 18.1 Å². The number of fused-ring (bicyclic) bond motifs is 1. The van der Waals surface area contributed by atoms with E-state index in [-0.39, 0.29) is 29.2 Å². The van der Waals surface area contributed by atoms with Gasteiger partial charge < -0.3 is 9.73 Å². The summed E-state index contributed by atoms with van der Waals surface area (Å²) in [5.74, 6) is 0.605. The molecule has 4 rings (SSSR count). The topological polar surface area (TPSA) is 107 Å². The molecule has 8 nitrogen and oxygen atoms in total. The highest BCUT2D eigenvalue weighted by Gasteiger charge is 2.31. The highest BCUT2D eigenvalue weighted by molar-refractivity contribution is 7.99. The van der Waals surface area contributed by atoms with E-state index in [0.29, 0.717) is 23.0 Å². The first kappa shape index (κ1) is 18.1. The molecule has 1 fully saturated rings. The summed E-state index contributed by atoms with van der Waals surface area (Å²) >= 11 is 1.20. The van der Waals surface area contributed by atoms with Crippen molar-refractivity contribution in [1.29, 1.82) is 0 Å². The third-order valence-corrected chi connectivity index (χ3v) is 6.86. The van der Waals surface area contributed by atoms with Gasteiger partial charge in [0.1, 0.15) is 11.3 Å². The van der Waals surface area contributed by atoms with Gasteiger partial charge in [-0.05, 0) is 25.5 Å². The smallest absolute Gasteiger partial charge is 0.257 e. The van der Waals surface area contributed by atoms with Crippen LogP contribution < -0.4 is 5.32 Å². The number of nitrogens with zero attached hydrogens (tertiary/aromatic N) is 3. The van der Waals surface area contributed by atoms with Crippen LogP contribution in [0.4, 0.5) is 5.82 Å². The average Bonchev–Trinajstić information content (AvgIpc) is 3.29. The Kier molecular flexibility index (Phi) is 4.68. The molecule has 1 aromatic carbocycles. The molecular formula is C17H18N4O4S2. The summed E-state index contributed by atoms with van der Waals surface area (Å²) < 4.78 is 30.7. The number of anilines is 1. The molecule has 0 saturated carbocycles. The monoisotopic (exact) mass is 406 g/mol. The van der Waals surface area contributed by atoms with Gasteiger partial charge in [0, 0.05) is 6.07 Å². The van der Waals surface area contributed by atoms with Gasteiger partial charge in [0.05, 0.1) is 29.0 Å². The van der Waals surface area contributed by atoms with Crippen LogP contribution >= 0.6 is 11.8 Å². The lowest BCUT2D eigenvalue weighted by Gasteiger charge is -2.13. The van der Waals surface area contributed by atoms with E-state index >= 15 is 0 Å². The molecule has 10 heteroatoms. The number of benzene rings is 1. The van der Waals surface area contributed by atoms with Crippen LogP contribution in [0.1, 0.15) is 18.2 Å². The molecule has 3 aromatic rings. The van der Waals surface area contributed by atoms with Gasteiger partial charge in [0.2, 0.25) is 5.91 Å². The number of nitrogens with one attached hydrogen (secondary N) is 1. The molecular weight excluding hydrogens is 388 g/mol. The van der Waals surface area contributed by atoms with Crippen LogP contribution in [0.3, 0.4) is 0 Å². The fourth-order valence-corrected chi connectivity index (χ4v) is 5.41. The van der Waals surface area contributed by atoms with E-state index in [1.165, 1.54) is 11.8 Å². The van der Waals surface area contributed by atoms with E-state index in [1.807, 2.05) is 31.2 Å². The third-order valence-electron chi connectivity index (χ3n) is 4.28. The first-order chi connectivity index (χ1) is 12.9. The van der Waals surface area contributed by atoms with Crippen molar-refractivity contribution in [2.75, 3.05) is 22.6 Å². The highest BCUT2D eigenvalue weighted by atomic mass is 32.2. The first-order valence-corrected chi connectivity index (χ1v) is 11.3. The van der Waals surface area contributed by atoms with E-state index in [9.17, 15) is 13.2 Å². The maximum Gasteiger partial charge on any atom is 0.257 e. The summed E-state index contributed by atoms with van der Waals surface area (Å²) in [5, 5.41) is 7.60. The summed E-state index contributed by atoms with van der Waals surface area (Å²) in [4.78, 5) is 16.7. The molecule has 0 radical (unpaired) electrons. The molecule has 142 valence electrons. The second kappa shape index (κ2) is 7.01. The maximum atomic E-state index is 12.3. The fourth-order valence-electron chi connectivity index (χ4n) is 3.08. The number of aromatic nitrogens is 3. The third kappa shape index (κ3) is 4.01. The predicted molar refractivity (Wildman–Crippen MR) is 103 cm³/mol. The van der Waals surface area contributed by atoms with Crippen LogP contribution in [0.2, 0.25) is 0 Å². The molecule has 1 aliphatic heterocycles. The molecule has 1 N–H and O–H groups in total. The van der Waals surface area contributed by atoms with Crippen LogP contribution in [-0.2, 0) is 14.6 Å². The van der Waals surface area contributed by atoms with Crippen molar-refractivity contribution in [3.63, 3.8) is 0 Å². The van der Waals surface area contributed by atoms with Crippen LogP contribution in [0.5, 0.6) is 0 Å². The minimum Gasteiger partial charge on any atom is -0.431 e. The molecule has 0 bridgehead atoms. The summed E-state index contributed by atoms with van der Waals surface area (Å²) in [6.07, 6.45) is 0.504. The second-order valence-corrected chi connectivity index (χ2v) is 9.61. The fraction of sp³-hybridized carbons (Fsp3) is 0.353. The van der Waals surface area contributed by atoms with Gasteiger partial charge in [0.15, 0.2) is 15.4 Å². The summed E-state index contributed by atoms with van der Waals surface area (Å²) in [6.45, 7) is 1.81. The van der Waals surface area contributed by atoms with Gasteiger partial charge in [-0.1, -0.05) is 23.9 Å². The Morgan fingerprint density at radius 2 is 2.22 bits per heavy atom. The number of amides is 1. The lowest BCUT2D eigenvalue weighted by Crippen LogP contribution is -2.20. The van der Waals surface area contributed by atoms with Crippen molar-refractivity contribution < 1.29 is 17.6 Å². The number of oxazole rings is 1. The number of thioether (sulfide) groups is 1. The zero-order valence-electron chi connectivity index (χ0n) is 14.6. The highest BCUT2D eigenvalue weighted by Crippen LogP contribution is 2.28. The Morgan fingerprint density at radius 3 is 2.96 bits per heavy atom. The minimum absolute atomic E-state index is 0.0502. The largest absolute Gasteiger partial charge is 0.431 e. The molecule has 27 heavy (non-hydrogen) atoms. The summed E-state index contributed by atoms with van der Waals surface area (Å²) in [5.41, 5.74) is 2.15. The number of carbonyl (C=O) groups is 1. The van der Waals surface area contributed by atoms with Crippen molar-refractivity contribution in [3.8, 4) is 0 Å². The molecule has 2 aromatic heterocycles. The number of aryl methyl sites for hydroxylation is 1. The normalized spacial score (nSPS) is 18.8. The zero-order valence-corrected chi connectivity index (χ0v) is 16.2. The Morgan fingerprint density at radius 1 is 1.41 bits per heavy atom. The molecule has 1 aliphatic rings. The van der Waals surface area contributed by atoms with Gasteiger partial charge in [0.25, 0.3) is 5.22 Å². The minimum atomic E-state index is -3.04. The number of sulfone groups is 1. The predicted octanol–water partition coefficient (Wildman–Crippen LogP) is 2.42. The summed E-state index contributed by atoms with van der Waals surface area (Å²) in [6, 6.07) is 8.90. The molecule has 1 amide bonds. The first-order valence-electron chi connectivity index (χ1n) is 8.44. The standard InChI is InChI=1S/C17H18N4O4S2/c1-11-8-15(21(20-11)12-6-7-27(23,24)10-12)19-16(22)9-26-17-18-13-4-2-3-5-14(13)25-17/h2-5,8,12H,6-7,9-10H2,1H3,(H,19,22). The Hall–Kier alpha value is -2.33. The van der Waals surface area contributed by atoms with E-state index in [4.69, 9.17) is 4.42 Å². The van der Waals surface area contributed by atoms with E-state index in [0.717, 1.165) is 11.2 Å². The van der Waals surface area contributed by atoms with E-state index in [1.54, 1.807) is 10.7 Å². The van der Waals surface area contributed by atoms with Crippen LogP contribution in [0.15, 0.2) is 40.0 Å². The van der Waals surface area contributed by atoms with Crippen LogP contribution in [0, 0.1) is 6.92 Å². The van der Waals surface area contributed by atoms with Crippen molar-refractivity contribution in [2.24, 2.45) is 0 Å².